The average molecular weight is 117 g/mol. The highest BCUT2D eigenvalue weighted by Crippen LogP contribution is 1.96. The summed E-state index contributed by atoms with van der Waals surface area (Å²) < 4.78 is 0. The third-order valence-corrected chi connectivity index (χ3v) is 1.05. The second-order valence-electron chi connectivity index (χ2n) is 1.61. The van der Waals surface area contributed by atoms with Crippen LogP contribution in [0.3, 0.4) is 0 Å². The van der Waals surface area contributed by atoms with Crippen LogP contribution in [0.4, 0.5) is 0 Å². The van der Waals surface area contributed by atoms with Crippen LogP contribution in [0, 0.1) is 5.92 Å². The number of carboxylic acid groups (broad SMARTS) is 1. The van der Waals surface area contributed by atoms with E-state index in [2.05, 4.69) is 0 Å². The maximum absolute atomic E-state index is 9.89. The van der Waals surface area contributed by atoms with E-state index in [4.69, 9.17) is 5.11 Å². The summed E-state index contributed by atoms with van der Waals surface area (Å²) in [5.41, 5.74) is 0. The van der Waals surface area contributed by atoms with E-state index in [1.807, 2.05) is 0 Å². The summed E-state index contributed by atoms with van der Waals surface area (Å²) in [4.78, 5) is 9.89. The van der Waals surface area contributed by atoms with Crippen molar-refractivity contribution in [1.29, 1.82) is 0 Å². The standard InChI is InChI=1S/C5H10O3/c1-2-4(3-6)5(7)8/h4,6H,2-3H2,1H3,(H,7,8)/p-1. The van der Waals surface area contributed by atoms with Gasteiger partial charge in [0.2, 0.25) is 0 Å². The summed E-state index contributed by atoms with van der Waals surface area (Å²) in [6.45, 7) is 1.37. The van der Waals surface area contributed by atoms with Crippen LogP contribution in [0.15, 0.2) is 0 Å². The molecule has 0 aliphatic rings. The second kappa shape index (κ2) is 3.43. The number of aliphatic hydroxyl groups excluding tert-OH is 1. The lowest BCUT2D eigenvalue weighted by atomic mass is 10.1. The van der Waals surface area contributed by atoms with Gasteiger partial charge in [0.25, 0.3) is 0 Å². The van der Waals surface area contributed by atoms with Gasteiger partial charge in [-0.2, -0.15) is 0 Å². The van der Waals surface area contributed by atoms with Gasteiger partial charge in [-0.25, -0.2) is 0 Å². The van der Waals surface area contributed by atoms with Crippen LogP contribution in [0.5, 0.6) is 0 Å². The average Bonchev–Trinajstić information content (AvgIpc) is 1.69. The third kappa shape index (κ3) is 1.93. The summed E-state index contributed by atoms with van der Waals surface area (Å²) in [5, 5.41) is 18.2. The number of rotatable bonds is 3. The Morgan fingerprint density at radius 1 is 1.88 bits per heavy atom. The van der Waals surface area contributed by atoms with Crippen molar-refractivity contribution in [3.05, 3.63) is 0 Å². The van der Waals surface area contributed by atoms with Gasteiger partial charge in [0.1, 0.15) is 0 Å². The first-order chi connectivity index (χ1) is 3.72. The van der Waals surface area contributed by atoms with Crippen LogP contribution in [-0.2, 0) is 4.79 Å². The van der Waals surface area contributed by atoms with Gasteiger partial charge in [0, 0.05) is 11.9 Å². The lowest BCUT2D eigenvalue weighted by Crippen LogP contribution is -2.32. The van der Waals surface area contributed by atoms with Crippen LogP contribution in [0.2, 0.25) is 0 Å². The summed E-state index contributed by atoms with van der Waals surface area (Å²) in [5.74, 6) is -1.86. The molecule has 0 aromatic heterocycles. The Morgan fingerprint density at radius 3 is 2.38 bits per heavy atom. The van der Waals surface area contributed by atoms with Crippen molar-refractivity contribution < 1.29 is 15.0 Å². The maximum Gasteiger partial charge on any atom is 0.0511 e. The highest BCUT2D eigenvalue weighted by molar-refractivity contribution is 5.67. The molecular weight excluding hydrogens is 108 g/mol. The molecule has 3 nitrogen and oxygen atoms in total. The van der Waals surface area contributed by atoms with Gasteiger partial charge in [-0.05, 0) is 6.42 Å². The SMILES string of the molecule is CCC(CO)C(=O)[O-]. The Kier molecular flexibility index (Phi) is 3.19. The van der Waals surface area contributed by atoms with E-state index in [0.29, 0.717) is 6.42 Å². The van der Waals surface area contributed by atoms with Gasteiger partial charge in [-0.15, -0.1) is 0 Å². The molecule has 0 aromatic carbocycles. The monoisotopic (exact) mass is 117 g/mol. The largest absolute Gasteiger partial charge is 0.550 e. The smallest absolute Gasteiger partial charge is 0.0511 e. The zero-order valence-corrected chi connectivity index (χ0v) is 4.76. The van der Waals surface area contributed by atoms with E-state index in [-0.39, 0.29) is 6.61 Å². The Morgan fingerprint density at radius 2 is 2.38 bits per heavy atom. The second-order valence-corrected chi connectivity index (χ2v) is 1.61. The molecule has 0 spiro atoms. The van der Waals surface area contributed by atoms with Crippen molar-refractivity contribution in [1.82, 2.24) is 0 Å². The third-order valence-electron chi connectivity index (χ3n) is 1.05. The van der Waals surface area contributed by atoms with E-state index in [9.17, 15) is 9.90 Å². The topological polar surface area (TPSA) is 60.4 Å². The number of carbonyl (C=O) groups excluding carboxylic acids is 1. The van der Waals surface area contributed by atoms with Crippen LogP contribution in [0.25, 0.3) is 0 Å². The van der Waals surface area contributed by atoms with Crippen molar-refractivity contribution in [2.75, 3.05) is 6.61 Å². The Hall–Kier alpha value is -0.570. The molecule has 0 rings (SSSR count). The molecular formula is C5H9O3-. The molecule has 1 atom stereocenters. The maximum atomic E-state index is 9.89. The number of hydrogen-bond donors (Lipinski definition) is 1. The first-order valence-corrected chi connectivity index (χ1v) is 2.54. The first-order valence-electron chi connectivity index (χ1n) is 2.54. The minimum atomic E-state index is -1.17. The fourth-order valence-corrected chi connectivity index (χ4v) is 0.370. The van der Waals surface area contributed by atoms with Crippen molar-refractivity contribution in [3.8, 4) is 0 Å². The predicted molar refractivity (Wildman–Crippen MR) is 25.9 cm³/mol. The number of aliphatic carboxylic acids is 1. The van der Waals surface area contributed by atoms with E-state index in [1.165, 1.54) is 0 Å². The molecule has 1 N–H and O–H groups in total. The van der Waals surface area contributed by atoms with Crippen molar-refractivity contribution in [2.45, 2.75) is 13.3 Å². The minimum absolute atomic E-state index is 0.321. The summed E-state index contributed by atoms with van der Waals surface area (Å²) >= 11 is 0. The Bertz CT molecular complexity index is 75.7. The van der Waals surface area contributed by atoms with Crippen LogP contribution < -0.4 is 5.11 Å². The molecule has 8 heavy (non-hydrogen) atoms. The molecule has 0 amide bonds. The minimum Gasteiger partial charge on any atom is -0.550 e. The zero-order valence-electron chi connectivity index (χ0n) is 4.76. The normalized spacial score (nSPS) is 13.2. The van der Waals surface area contributed by atoms with Gasteiger partial charge >= 0.3 is 0 Å². The number of hydrogen-bond acceptors (Lipinski definition) is 3. The summed E-state index contributed by atoms with van der Waals surface area (Å²) in [6.07, 6.45) is 0.429. The van der Waals surface area contributed by atoms with Crippen molar-refractivity contribution in [2.24, 2.45) is 5.92 Å². The van der Waals surface area contributed by atoms with E-state index >= 15 is 0 Å². The van der Waals surface area contributed by atoms with Gasteiger partial charge in [-0.1, -0.05) is 6.92 Å². The fourth-order valence-electron chi connectivity index (χ4n) is 0.370. The predicted octanol–water partition coefficient (Wildman–Crippen LogP) is -1.25. The summed E-state index contributed by atoms with van der Waals surface area (Å²) in [6, 6.07) is 0. The van der Waals surface area contributed by atoms with E-state index in [0.717, 1.165) is 0 Å². The van der Waals surface area contributed by atoms with Crippen LogP contribution >= 0.6 is 0 Å². The lowest BCUT2D eigenvalue weighted by Gasteiger charge is -2.10. The van der Waals surface area contributed by atoms with Crippen molar-refractivity contribution >= 4 is 5.97 Å². The molecule has 0 fully saturated rings. The van der Waals surface area contributed by atoms with Gasteiger partial charge in [0.15, 0.2) is 0 Å². The van der Waals surface area contributed by atoms with Gasteiger partial charge < -0.3 is 15.0 Å². The number of carboxylic acids is 1. The van der Waals surface area contributed by atoms with Gasteiger partial charge in [-0.3, -0.25) is 0 Å². The molecule has 0 bridgehead atoms. The van der Waals surface area contributed by atoms with Crippen LogP contribution in [-0.4, -0.2) is 17.7 Å². The van der Waals surface area contributed by atoms with Crippen molar-refractivity contribution in [3.63, 3.8) is 0 Å². The molecule has 3 heteroatoms. The first kappa shape index (κ1) is 7.43. The molecule has 48 valence electrons. The highest BCUT2D eigenvalue weighted by atomic mass is 16.4. The summed E-state index contributed by atoms with van der Waals surface area (Å²) in [7, 11) is 0. The van der Waals surface area contributed by atoms with E-state index in [1.54, 1.807) is 6.92 Å². The lowest BCUT2D eigenvalue weighted by molar-refractivity contribution is -0.312. The Balaban J connectivity index is 3.52. The molecule has 1 unspecified atom stereocenters. The van der Waals surface area contributed by atoms with Crippen LogP contribution in [0.1, 0.15) is 13.3 Å². The quantitative estimate of drug-likeness (QED) is 0.502. The van der Waals surface area contributed by atoms with Gasteiger partial charge in [0.05, 0.1) is 6.61 Å². The molecule has 0 aliphatic carbocycles. The molecule has 0 saturated heterocycles. The molecule has 0 aliphatic heterocycles. The van der Waals surface area contributed by atoms with E-state index < -0.39 is 11.9 Å². The molecule has 0 heterocycles. The number of carbonyl (C=O) groups is 1. The fraction of sp³-hybridized carbons (Fsp3) is 0.800. The highest BCUT2D eigenvalue weighted by Gasteiger charge is 2.02. The molecule has 0 aromatic rings. The molecule has 0 radical (unpaired) electrons. The Labute approximate surface area is 47.9 Å². The number of aliphatic hydroxyl groups is 1. The zero-order chi connectivity index (χ0) is 6.57. The molecule has 0 saturated carbocycles.